The predicted octanol–water partition coefficient (Wildman–Crippen LogP) is 3.52. The Morgan fingerprint density at radius 2 is 1.96 bits per heavy atom. The van der Waals surface area contributed by atoms with Crippen molar-refractivity contribution in [3.8, 4) is 0 Å². The highest BCUT2D eigenvalue weighted by atomic mass is 79.9. The van der Waals surface area contributed by atoms with Crippen molar-refractivity contribution in [1.29, 1.82) is 0 Å². The van der Waals surface area contributed by atoms with Gasteiger partial charge in [0.25, 0.3) is 5.91 Å². The fourth-order valence-corrected chi connectivity index (χ4v) is 3.58. The third kappa shape index (κ3) is 4.91. The maximum Gasteiger partial charge on any atom is 0.264 e. The molecule has 1 N–H and O–H groups in total. The van der Waals surface area contributed by atoms with Crippen molar-refractivity contribution in [2.24, 2.45) is 0 Å². The van der Waals surface area contributed by atoms with Crippen LogP contribution < -0.4 is 5.32 Å². The molecule has 0 aliphatic heterocycles. The average Bonchev–Trinajstić information content (AvgIpc) is 2.92. The van der Waals surface area contributed by atoms with E-state index in [1.54, 1.807) is 13.1 Å². The molecule has 1 heterocycles. The number of likely N-dealkylation sites (N-methyl/N-ethyl adjacent to an activating group) is 1. The van der Waals surface area contributed by atoms with E-state index in [4.69, 9.17) is 0 Å². The summed E-state index contributed by atoms with van der Waals surface area (Å²) >= 11 is 4.69. The highest BCUT2D eigenvalue weighted by molar-refractivity contribution is 9.11. The van der Waals surface area contributed by atoms with Crippen LogP contribution in [0.5, 0.6) is 0 Å². The molecular formula is C17H19BrN2O2S. The molecule has 4 nitrogen and oxygen atoms in total. The van der Waals surface area contributed by atoms with Gasteiger partial charge in [0.2, 0.25) is 5.91 Å². The van der Waals surface area contributed by atoms with Crippen LogP contribution >= 0.6 is 27.3 Å². The molecule has 0 unspecified atom stereocenters. The Balaban J connectivity index is 1.87. The summed E-state index contributed by atoms with van der Waals surface area (Å²) in [5, 5.41) is 2.86. The van der Waals surface area contributed by atoms with Gasteiger partial charge >= 0.3 is 0 Å². The lowest BCUT2D eigenvalue weighted by Crippen LogP contribution is -2.37. The molecule has 0 aliphatic rings. The lowest BCUT2D eigenvalue weighted by Gasteiger charge is -2.16. The largest absolute Gasteiger partial charge is 0.350 e. The second-order valence-corrected chi connectivity index (χ2v) is 7.93. The summed E-state index contributed by atoms with van der Waals surface area (Å²) in [5.74, 6) is -0.321. The van der Waals surface area contributed by atoms with Crippen LogP contribution in [-0.4, -0.2) is 30.3 Å². The summed E-state index contributed by atoms with van der Waals surface area (Å²) < 4.78 is 0.897. The van der Waals surface area contributed by atoms with E-state index < -0.39 is 0 Å². The number of carbonyl (C=O) groups is 2. The molecule has 0 fully saturated rings. The average molecular weight is 395 g/mol. The Bertz CT molecular complexity index is 727. The lowest BCUT2D eigenvalue weighted by molar-refractivity contribution is -0.121. The van der Waals surface area contributed by atoms with Crippen molar-refractivity contribution in [1.82, 2.24) is 10.2 Å². The normalized spacial score (nSPS) is 10.4. The van der Waals surface area contributed by atoms with Crippen molar-refractivity contribution in [3.05, 3.63) is 55.7 Å². The monoisotopic (exact) mass is 394 g/mol. The van der Waals surface area contributed by atoms with E-state index in [-0.39, 0.29) is 18.4 Å². The van der Waals surface area contributed by atoms with Gasteiger partial charge in [-0.2, -0.15) is 0 Å². The fourth-order valence-electron chi connectivity index (χ4n) is 2.20. The first-order valence-electron chi connectivity index (χ1n) is 7.20. The number of nitrogens with one attached hydrogen (secondary N) is 1. The number of rotatable bonds is 5. The van der Waals surface area contributed by atoms with Gasteiger partial charge in [0, 0.05) is 13.6 Å². The van der Waals surface area contributed by atoms with Gasteiger partial charge in [-0.25, -0.2) is 0 Å². The minimum absolute atomic E-state index is 0.0409. The van der Waals surface area contributed by atoms with E-state index in [1.807, 2.05) is 32.0 Å². The Morgan fingerprint density at radius 3 is 2.57 bits per heavy atom. The Labute approximate surface area is 148 Å². The Kier molecular flexibility index (Phi) is 5.96. The topological polar surface area (TPSA) is 49.4 Å². The van der Waals surface area contributed by atoms with Crippen LogP contribution in [0.15, 0.2) is 34.1 Å². The van der Waals surface area contributed by atoms with Crippen molar-refractivity contribution >= 4 is 39.1 Å². The molecule has 23 heavy (non-hydrogen) atoms. The highest BCUT2D eigenvalue weighted by Crippen LogP contribution is 2.22. The number of hydrogen-bond acceptors (Lipinski definition) is 3. The van der Waals surface area contributed by atoms with Crippen LogP contribution in [-0.2, 0) is 11.3 Å². The Morgan fingerprint density at radius 1 is 1.22 bits per heavy atom. The number of amides is 2. The summed E-state index contributed by atoms with van der Waals surface area (Å²) in [6.07, 6.45) is 0. The SMILES string of the molecule is Cc1ccc(CNC(=O)CN(C)C(=O)c2ccc(Br)s2)c(C)c1. The van der Waals surface area contributed by atoms with E-state index in [9.17, 15) is 9.59 Å². The van der Waals surface area contributed by atoms with Gasteiger partial charge in [-0.3, -0.25) is 9.59 Å². The molecule has 0 atom stereocenters. The predicted molar refractivity (Wildman–Crippen MR) is 96.7 cm³/mol. The lowest BCUT2D eigenvalue weighted by atomic mass is 10.1. The molecule has 0 bridgehead atoms. The molecule has 0 saturated carbocycles. The summed E-state index contributed by atoms with van der Waals surface area (Å²) in [4.78, 5) is 26.3. The second kappa shape index (κ2) is 7.75. The zero-order valence-electron chi connectivity index (χ0n) is 13.4. The van der Waals surface area contributed by atoms with Crippen LogP contribution in [0.2, 0.25) is 0 Å². The first-order chi connectivity index (χ1) is 10.9. The highest BCUT2D eigenvalue weighted by Gasteiger charge is 2.16. The van der Waals surface area contributed by atoms with Crippen LogP contribution in [0.4, 0.5) is 0 Å². The number of halogens is 1. The zero-order valence-corrected chi connectivity index (χ0v) is 15.8. The molecular weight excluding hydrogens is 376 g/mol. The van der Waals surface area contributed by atoms with E-state index in [0.717, 1.165) is 14.9 Å². The van der Waals surface area contributed by atoms with Crippen molar-refractivity contribution in [2.75, 3.05) is 13.6 Å². The van der Waals surface area contributed by atoms with Crippen LogP contribution in [0.3, 0.4) is 0 Å². The van der Waals surface area contributed by atoms with Crippen LogP contribution in [0.25, 0.3) is 0 Å². The molecule has 1 aromatic carbocycles. The van der Waals surface area contributed by atoms with Gasteiger partial charge in [0.05, 0.1) is 15.2 Å². The Hall–Kier alpha value is -1.66. The number of aryl methyl sites for hydroxylation is 2. The van der Waals surface area contributed by atoms with Gasteiger partial charge < -0.3 is 10.2 Å². The molecule has 0 saturated heterocycles. The smallest absolute Gasteiger partial charge is 0.264 e. The van der Waals surface area contributed by atoms with Gasteiger partial charge in [0.15, 0.2) is 0 Å². The molecule has 2 amide bonds. The van der Waals surface area contributed by atoms with Gasteiger partial charge in [-0.05, 0) is 53.0 Å². The molecule has 2 rings (SSSR count). The first-order valence-corrected chi connectivity index (χ1v) is 8.81. The van der Waals surface area contributed by atoms with Crippen molar-refractivity contribution in [3.63, 3.8) is 0 Å². The minimum Gasteiger partial charge on any atom is -0.350 e. The van der Waals surface area contributed by atoms with Crippen molar-refractivity contribution in [2.45, 2.75) is 20.4 Å². The third-order valence-electron chi connectivity index (χ3n) is 3.49. The zero-order chi connectivity index (χ0) is 17.0. The summed E-state index contributed by atoms with van der Waals surface area (Å²) in [7, 11) is 1.63. The molecule has 0 aliphatic carbocycles. The minimum atomic E-state index is -0.170. The summed E-state index contributed by atoms with van der Waals surface area (Å²) in [6.45, 7) is 4.58. The summed E-state index contributed by atoms with van der Waals surface area (Å²) in [6, 6.07) is 9.71. The van der Waals surface area contributed by atoms with E-state index in [1.165, 1.54) is 21.8 Å². The molecule has 1 aromatic heterocycles. The number of nitrogens with zero attached hydrogens (tertiary/aromatic N) is 1. The van der Waals surface area contributed by atoms with E-state index in [2.05, 4.69) is 27.3 Å². The van der Waals surface area contributed by atoms with Gasteiger partial charge in [-0.15, -0.1) is 11.3 Å². The number of hydrogen-bond donors (Lipinski definition) is 1. The standard InChI is InChI=1S/C17H19BrN2O2S/c1-11-4-5-13(12(2)8-11)9-19-16(21)10-20(3)17(22)14-6-7-15(18)23-14/h4-8H,9-10H2,1-3H3,(H,19,21). The first kappa shape index (κ1) is 17.7. The summed E-state index contributed by atoms with van der Waals surface area (Å²) in [5.41, 5.74) is 3.43. The van der Waals surface area contributed by atoms with E-state index >= 15 is 0 Å². The molecule has 0 radical (unpaired) electrons. The maximum atomic E-state index is 12.2. The van der Waals surface area contributed by atoms with Gasteiger partial charge in [-0.1, -0.05) is 23.8 Å². The second-order valence-electron chi connectivity index (χ2n) is 5.47. The van der Waals surface area contributed by atoms with Crippen LogP contribution in [0.1, 0.15) is 26.4 Å². The molecule has 2 aromatic rings. The van der Waals surface area contributed by atoms with E-state index in [0.29, 0.717) is 11.4 Å². The maximum absolute atomic E-state index is 12.2. The quantitative estimate of drug-likeness (QED) is 0.842. The number of thiophene rings is 1. The third-order valence-corrected chi connectivity index (χ3v) is 5.10. The fraction of sp³-hybridized carbons (Fsp3) is 0.294. The molecule has 122 valence electrons. The van der Waals surface area contributed by atoms with Crippen LogP contribution in [0, 0.1) is 13.8 Å². The van der Waals surface area contributed by atoms with Gasteiger partial charge in [0.1, 0.15) is 0 Å². The number of carbonyl (C=O) groups excluding carboxylic acids is 2. The van der Waals surface area contributed by atoms with Crippen molar-refractivity contribution < 1.29 is 9.59 Å². The number of benzene rings is 1. The molecule has 0 spiro atoms. The molecule has 6 heteroatoms.